The number of hydrogen-bond acceptors (Lipinski definition) is 6. The van der Waals surface area contributed by atoms with Crippen LogP contribution in [0.3, 0.4) is 0 Å². The largest absolute Gasteiger partial charge is 0.433 e. The maximum absolute atomic E-state index is 13.5. The monoisotopic (exact) mass is 501 g/mol. The average Bonchev–Trinajstić information content (AvgIpc) is 2.86. The molecule has 0 saturated carbocycles. The van der Waals surface area contributed by atoms with Crippen LogP contribution in [0.1, 0.15) is 53.4 Å². The maximum atomic E-state index is 13.5. The summed E-state index contributed by atoms with van der Waals surface area (Å²) in [6.45, 7) is 3.06. The Hall–Kier alpha value is -3.14. The molecule has 0 aliphatic carbocycles. The predicted octanol–water partition coefficient (Wildman–Crippen LogP) is 5.49. The summed E-state index contributed by atoms with van der Waals surface area (Å²) in [5.41, 5.74) is 1.32. The number of carbonyl (C=O) groups excluding carboxylic acids is 1. The van der Waals surface area contributed by atoms with E-state index >= 15 is 0 Å². The third kappa shape index (κ3) is 6.72. The maximum Gasteiger partial charge on any atom is 0.433 e. The third-order valence-corrected chi connectivity index (χ3v) is 6.76. The molecule has 1 aliphatic heterocycles. The van der Waals surface area contributed by atoms with Gasteiger partial charge in [-0.15, -0.1) is 0 Å². The molecule has 0 spiro atoms. The molecular weight excluding hydrogens is 475 g/mol. The van der Waals surface area contributed by atoms with Gasteiger partial charge in [0.25, 0.3) is 5.91 Å². The molecule has 0 radical (unpaired) electrons. The molecule has 2 aromatic heterocycles. The lowest BCUT2D eigenvalue weighted by Gasteiger charge is -2.34. The van der Waals surface area contributed by atoms with Gasteiger partial charge in [0, 0.05) is 48.9 Å². The van der Waals surface area contributed by atoms with Crippen molar-refractivity contribution in [2.75, 3.05) is 11.4 Å². The number of anilines is 1. The smallest absolute Gasteiger partial charge is 0.354 e. The van der Waals surface area contributed by atoms with Crippen LogP contribution in [0, 0.1) is 0 Å². The van der Waals surface area contributed by atoms with E-state index in [0.717, 1.165) is 48.2 Å². The molecule has 1 N–H and O–H groups in total. The number of nitrogens with zero attached hydrogens (tertiary/aromatic N) is 4. The summed E-state index contributed by atoms with van der Waals surface area (Å²) in [6, 6.07) is 11.8. The van der Waals surface area contributed by atoms with Crippen LogP contribution in [-0.2, 0) is 18.5 Å². The Bertz CT molecular complexity index is 1140. The Balaban J connectivity index is 1.42. The number of hydrogen-bond donors (Lipinski definition) is 1. The van der Waals surface area contributed by atoms with Crippen molar-refractivity contribution < 1.29 is 18.0 Å². The normalized spacial score (nSPS) is 16.2. The topological polar surface area (TPSA) is 71.0 Å². The number of aromatic nitrogens is 3. The molecule has 3 aromatic rings. The van der Waals surface area contributed by atoms with Gasteiger partial charge < -0.3 is 10.2 Å². The van der Waals surface area contributed by atoms with Crippen molar-refractivity contribution in [1.82, 2.24) is 20.3 Å². The summed E-state index contributed by atoms with van der Waals surface area (Å²) in [4.78, 5) is 26.6. The SMILES string of the molecule is C[C@H]1CCCCN1c1cc(C(F)(F)F)nc(SCc2ccc(C(=O)NCc3cccnc3)cc2)n1. The van der Waals surface area contributed by atoms with Crippen LogP contribution in [0.25, 0.3) is 0 Å². The van der Waals surface area contributed by atoms with E-state index in [0.29, 0.717) is 30.2 Å². The molecule has 1 amide bonds. The Morgan fingerprint density at radius 1 is 1.14 bits per heavy atom. The van der Waals surface area contributed by atoms with Crippen LogP contribution in [-0.4, -0.2) is 33.4 Å². The Morgan fingerprint density at radius 2 is 1.94 bits per heavy atom. The van der Waals surface area contributed by atoms with Gasteiger partial charge in [0.2, 0.25) is 0 Å². The number of pyridine rings is 1. The highest BCUT2D eigenvalue weighted by Gasteiger charge is 2.35. The van der Waals surface area contributed by atoms with Crippen molar-refractivity contribution in [3.63, 3.8) is 0 Å². The van der Waals surface area contributed by atoms with Crippen LogP contribution in [0.5, 0.6) is 0 Å². The van der Waals surface area contributed by atoms with Crippen molar-refractivity contribution in [1.29, 1.82) is 0 Å². The zero-order chi connectivity index (χ0) is 24.8. The molecule has 0 bridgehead atoms. The van der Waals surface area contributed by atoms with Gasteiger partial charge in [-0.25, -0.2) is 9.97 Å². The summed E-state index contributed by atoms with van der Waals surface area (Å²) in [5, 5.41) is 2.93. The standard InChI is InChI=1S/C25H26F3N5OS/c1-17-5-2-3-12-33(17)22-13-21(25(26,27)28)31-24(32-22)35-16-18-7-9-20(10-8-18)23(34)30-15-19-6-4-11-29-14-19/h4,6-11,13-14,17H,2-3,5,12,15-16H2,1H3,(H,30,34)/t17-/m0/s1. The molecule has 10 heteroatoms. The summed E-state index contributed by atoms with van der Waals surface area (Å²) in [5.74, 6) is 0.491. The van der Waals surface area contributed by atoms with Gasteiger partial charge in [-0.05, 0) is 55.5 Å². The van der Waals surface area contributed by atoms with Gasteiger partial charge in [0.1, 0.15) is 5.82 Å². The molecule has 1 fully saturated rings. The van der Waals surface area contributed by atoms with E-state index in [1.54, 1.807) is 42.7 Å². The first-order valence-electron chi connectivity index (χ1n) is 11.4. The lowest BCUT2D eigenvalue weighted by Crippen LogP contribution is -2.38. The van der Waals surface area contributed by atoms with Crippen molar-refractivity contribution in [3.8, 4) is 0 Å². The second-order valence-corrected chi connectivity index (χ2v) is 9.40. The number of piperidine rings is 1. The molecule has 1 saturated heterocycles. The fourth-order valence-electron chi connectivity index (χ4n) is 3.90. The lowest BCUT2D eigenvalue weighted by atomic mass is 10.0. The van der Waals surface area contributed by atoms with E-state index in [-0.39, 0.29) is 17.1 Å². The number of carbonyl (C=O) groups is 1. The van der Waals surface area contributed by atoms with Crippen molar-refractivity contribution >= 4 is 23.5 Å². The van der Waals surface area contributed by atoms with E-state index < -0.39 is 11.9 Å². The average molecular weight is 502 g/mol. The second kappa shape index (κ2) is 11.1. The highest BCUT2D eigenvalue weighted by Crippen LogP contribution is 2.33. The number of amides is 1. The molecule has 1 atom stereocenters. The number of alkyl halides is 3. The van der Waals surface area contributed by atoms with E-state index in [1.165, 1.54) is 0 Å². The first-order valence-corrected chi connectivity index (χ1v) is 12.4. The number of nitrogens with one attached hydrogen (secondary N) is 1. The fraction of sp³-hybridized carbons (Fsp3) is 0.360. The van der Waals surface area contributed by atoms with Crippen LogP contribution >= 0.6 is 11.8 Å². The van der Waals surface area contributed by atoms with E-state index in [4.69, 9.17) is 0 Å². The number of thioether (sulfide) groups is 1. The summed E-state index contributed by atoms with van der Waals surface area (Å²) >= 11 is 1.15. The van der Waals surface area contributed by atoms with Gasteiger partial charge in [0.15, 0.2) is 10.9 Å². The Kier molecular flexibility index (Phi) is 7.90. The number of halogens is 3. The van der Waals surface area contributed by atoms with Gasteiger partial charge >= 0.3 is 6.18 Å². The van der Waals surface area contributed by atoms with Gasteiger partial charge in [-0.2, -0.15) is 13.2 Å². The quantitative estimate of drug-likeness (QED) is 0.341. The minimum Gasteiger partial charge on any atom is -0.354 e. The van der Waals surface area contributed by atoms with Crippen molar-refractivity contribution in [3.05, 3.63) is 77.2 Å². The van der Waals surface area contributed by atoms with Gasteiger partial charge in [-0.3, -0.25) is 9.78 Å². The minimum absolute atomic E-state index is 0.0888. The summed E-state index contributed by atoms with van der Waals surface area (Å²) in [6.07, 6.45) is 1.73. The summed E-state index contributed by atoms with van der Waals surface area (Å²) in [7, 11) is 0. The zero-order valence-electron chi connectivity index (χ0n) is 19.3. The first-order chi connectivity index (χ1) is 16.8. The predicted molar refractivity (Wildman–Crippen MR) is 129 cm³/mol. The molecule has 1 aromatic carbocycles. The van der Waals surface area contributed by atoms with Crippen LogP contribution in [0.2, 0.25) is 0 Å². The van der Waals surface area contributed by atoms with Gasteiger partial charge in [-0.1, -0.05) is 30.0 Å². The van der Waals surface area contributed by atoms with Crippen LogP contribution < -0.4 is 10.2 Å². The van der Waals surface area contributed by atoms with Crippen LogP contribution in [0.4, 0.5) is 19.0 Å². The molecule has 0 unspecified atom stereocenters. The molecule has 184 valence electrons. The van der Waals surface area contributed by atoms with E-state index in [9.17, 15) is 18.0 Å². The minimum atomic E-state index is -4.54. The second-order valence-electron chi connectivity index (χ2n) is 8.46. The summed E-state index contributed by atoms with van der Waals surface area (Å²) < 4.78 is 40.5. The molecule has 35 heavy (non-hydrogen) atoms. The zero-order valence-corrected chi connectivity index (χ0v) is 20.1. The number of rotatable bonds is 7. The highest BCUT2D eigenvalue weighted by atomic mass is 32.2. The Labute approximate surface area is 206 Å². The number of benzene rings is 1. The molecule has 1 aliphatic rings. The van der Waals surface area contributed by atoms with E-state index in [1.807, 2.05) is 17.9 Å². The van der Waals surface area contributed by atoms with Crippen molar-refractivity contribution in [2.45, 2.75) is 55.9 Å². The highest BCUT2D eigenvalue weighted by molar-refractivity contribution is 7.98. The first kappa shape index (κ1) is 25.0. The van der Waals surface area contributed by atoms with E-state index in [2.05, 4.69) is 20.3 Å². The lowest BCUT2D eigenvalue weighted by molar-refractivity contribution is -0.141. The fourth-order valence-corrected chi connectivity index (χ4v) is 4.70. The molecule has 3 heterocycles. The van der Waals surface area contributed by atoms with Crippen LogP contribution in [0.15, 0.2) is 60.0 Å². The molecular formula is C25H26F3N5OS. The third-order valence-electron chi connectivity index (χ3n) is 5.84. The van der Waals surface area contributed by atoms with Gasteiger partial charge in [0.05, 0.1) is 0 Å². The molecule has 6 nitrogen and oxygen atoms in total. The molecule has 4 rings (SSSR count). The van der Waals surface area contributed by atoms with Crippen molar-refractivity contribution in [2.24, 2.45) is 0 Å². The Morgan fingerprint density at radius 3 is 2.63 bits per heavy atom.